The van der Waals surface area contributed by atoms with Gasteiger partial charge in [-0.15, -0.1) is 0 Å². The number of aliphatic hydroxyl groups is 7. The monoisotopic (exact) mass is 705 g/mol. The first-order valence-corrected chi connectivity index (χ1v) is 16.3. The van der Waals surface area contributed by atoms with Gasteiger partial charge in [-0.3, -0.25) is 0 Å². The van der Waals surface area contributed by atoms with Crippen LogP contribution in [0.25, 0.3) is 0 Å². The van der Waals surface area contributed by atoms with Crippen LogP contribution in [0.4, 0.5) is 0 Å². The van der Waals surface area contributed by atoms with Gasteiger partial charge in [0.2, 0.25) is 0 Å². The average Bonchev–Trinajstić information content (AvgIpc) is 3.39. The molecule has 19 heteroatoms. The number of nitrogens with two attached hydrogens (primary N) is 5. The lowest BCUT2D eigenvalue weighted by molar-refractivity contribution is -0.312. The number of hydrogen-bond acceptors (Lipinski definition) is 19. The fourth-order valence-electron chi connectivity index (χ4n) is 6.55. The molecule has 1 saturated carbocycles. The Bertz CT molecular complexity index is 1170. The van der Waals surface area contributed by atoms with Crippen molar-refractivity contribution in [2.45, 2.75) is 129 Å². The molecule has 0 spiro atoms. The number of benzene rings is 1. The lowest BCUT2D eigenvalue weighted by atomic mass is 9.84. The van der Waals surface area contributed by atoms with Crippen molar-refractivity contribution in [3.63, 3.8) is 0 Å². The minimum atomic E-state index is -1.62. The third-order valence-electron chi connectivity index (χ3n) is 9.53. The summed E-state index contributed by atoms with van der Waals surface area (Å²) >= 11 is 0. The van der Waals surface area contributed by atoms with Crippen LogP contribution >= 0.6 is 0 Å². The van der Waals surface area contributed by atoms with Crippen LogP contribution in [0.1, 0.15) is 12.0 Å². The molecule has 19 unspecified atom stereocenters. The van der Waals surface area contributed by atoms with Crippen molar-refractivity contribution < 1.29 is 68.9 Å². The summed E-state index contributed by atoms with van der Waals surface area (Å²) in [6, 6.07) is 5.04. The Morgan fingerprint density at radius 3 is 1.78 bits per heavy atom. The quantitative estimate of drug-likeness (QED) is 0.0961. The maximum atomic E-state index is 11.2. The molecule has 4 fully saturated rings. The first-order chi connectivity index (χ1) is 23.4. The molecule has 3 aliphatic heterocycles. The molecule has 3 heterocycles. The highest BCUT2D eigenvalue weighted by Crippen LogP contribution is 2.34. The third-order valence-corrected chi connectivity index (χ3v) is 9.53. The van der Waals surface area contributed by atoms with Crippen LogP contribution in [-0.4, -0.2) is 172 Å². The van der Waals surface area contributed by atoms with E-state index in [1.54, 1.807) is 0 Å². The van der Waals surface area contributed by atoms with E-state index in [-0.39, 0.29) is 26.2 Å². The summed E-state index contributed by atoms with van der Waals surface area (Å²) in [6.45, 7) is -0.726. The number of hydrogen-bond donors (Lipinski definition) is 12. The van der Waals surface area contributed by atoms with Gasteiger partial charge in [0, 0.05) is 18.6 Å². The summed E-state index contributed by atoms with van der Waals surface area (Å²) in [5.41, 5.74) is 31.3. The number of aliphatic hydroxyl groups excluding tert-OH is 7. The minimum absolute atomic E-state index is 0.0783. The Morgan fingerprint density at radius 2 is 1.16 bits per heavy atom. The Labute approximate surface area is 282 Å². The standard InChI is InChI=1S/C30H51N5O14/c31-7-14-20(38)22(40)17(34)28(44-14)48-26-15(8-36)45-30(24(26)42)49-27-19(37)12(32)6-13(33)25(27)47-29-18(35)23(41)21(39)16(46-29)10-43-9-11-4-2-1-3-5-11/h1-5,12-30,36-42H,6-10,31-35H2. The zero-order valence-corrected chi connectivity index (χ0v) is 26.8. The van der Waals surface area contributed by atoms with Crippen molar-refractivity contribution >= 4 is 0 Å². The van der Waals surface area contributed by atoms with E-state index in [1.165, 1.54) is 0 Å². The van der Waals surface area contributed by atoms with E-state index in [4.69, 9.17) is 61.8 Å². The molecular formula is C30H51N5O14. The van der Waals surface area contributed by atoms with Gasteiger partial charge in [0.05, 0.1) is 38.0 Å². The van der Waals surface area contributed by atoms with Gasteiger partial charge >= 0.3 is 0 Å². The van der Waals surface area contributed by atoms with Crippen LogP contribution < -0.4 is 28.7 Å². The first kappa shape index (κ1) is 38.7. The molecule has 0 aromatic heterocycles. The van der Waals surface area contributed by atoms with Crippen molar-refractivity contribution in [2.24, 2.45) is 28.7 Å². The smallest absolute Gasteiger partial charge is 0.187 e. The first-order valence-electron chi connectivity index (χ1n) is 16.3. The van der Waals surface area contributed by atoms with Crippen molar-refractivity contribution in [3.8, 4) is 0 Å². The minimum Gasteiger partial charge on any atom is -0.394 e. The Balaban J connectivity index is 1.27. The van der Waals surface area contributed by atoms with E-state index in [9.17, 15) is 35.7 Å². The van der Waals surface area contributed by atoms with E-state index in [2.05, 4.69) is 0 Å². The molecule has 1 aromatic carbocycles. The molecule has 17 N–H and O–H groups in total. The summed E-state index contributed by atoms with van der Waals surface area (Å²) in [6.07, 6.45) is -20.1. The topological polar surface area (TPSA) is 336 Å². The predicted molar refractivity (Wildman–Crippen MR) is 165 cm³/mol. The highest BCUT2D eigenvalue weighted by molar-refractivity contribution is 5.13. The largest absolute Gasteiger partial charge is 0.394 e. The van der Waals surface area contributed by atoms with Crippen LogP contribution in [0.5, 0.6) is 0 Å². The summed E-state index contributed by atoms with van der Waals surface area (Å²) < 4.78 is 41.1. The molecule has 19 nitrogen and oxygen atoms in total. The molecule has 49 heavy (non-hydrogen) atoms. The van der Waals surface area contributed by atoms with Gasteiger partial charge in [-0.1, -0.05) is 30.3 Å². The molecule has 0 radical (unpaired) electrons. The molecule has 1 aliphatic carbocycles. The molecule has 5 rings (SSSR count). The second kappa shape index (κ2) is 16.9. The highest BCUT2D eigenvalue weighted by Gasteiger charge is 2.54. The van der Waals surface area contributed by atoms with E-state index in [0.29, 0.717) is 0 Å². The van der Waals surface area contributed by atoms with Crippen molar-refractivity contribution in [2.75, 3.05) is 19.8 Å². The summed E-state index contributed by atoms with van der Waals surface area (Å²) in [7, 11) is 0. The van der Waals surface area contributed by atoms with Crippen LogP contribution in [0.3, 0.4) is 0 Å². The van der Waals surface area contributed by atoms with Gasteiger partial charge < -0.3 is 97.6 Å². The summed E-state index contributed by atoms with van der Waals surface area (Å²) in [5, 5.41) is 74.4. The highest BCUT2D eigenvalue weighted by atomic mass is 16.8. The average molecular weight is 706 g/mol. The van der Waals surface area contributed by atoms with Gasteiger partial charge in [0.25, 0.3) is 0 Å². The maximum absolute atomic E-state index is 11.2. The number of rotatable bonds is 12. The molecule has 0 amide bonds. The lowest BCUT2D eigenvalue weighted by Gasteiger charge is -2.47. The lowest BCUT2D eigenvalue weighted by Crippen LogP contribution is -2.68. The molecule has 4 aliphatic rings. The Morgan fingerprint density at radius 1 is 0.612 bits per heavy atom. The Hall–Kier alpha value is -1.54. The zero-order chi connectivity index (χ0) is 35.6. The second-order valence-corrected chi connectivity index (χ2v) is 13.0. The number of ether oxygens (including phenoxy) is 7. The van der Waals surface area contributed by atoms with Crippen LogP contribution in [0.15, 0.2) is 30.3 Å². The summed E-state index contributed by atoms with van der Waals surface area (Å²) in [5.74, 6) is 0. The normalized spacial score (nSPS) is 47.7. The van der Waals surface area contributed by atoms with E-state index in [0.717, 1.165) is 5.56 Å². The molecule has 1 aromatic rings. The van der Waals surface area contributed by atoms with Crippen molar-refractivity contribution in [1.82, 2.24) is 0 Å². The van der Waals surface area contributed by atoms with E-state index < -0.39 is 123 Å². The molecule has 3 saturated heterocycles. The van der Waals surface area contributed by atoms with Crippen LogP contribution in [0, 0.1) is 0 Å². The maximum Gasteiger partial charge on any atom is 0.187 e. The molecule has 280 valence electrons. The fraction of sp³-hybridized carbons (Fsp3) is 0.800. The van der Waals surface area contributed by atoms with Crippen molar-refractivity contribution in [3.05, 3.63) is 35.9 Å². The molecule has 19 atom stereocenters. The van der Waals surface area contributed by atoms with Gasteiger partial charge in [-0.25, -0.2) is 0 Å². The Kier molecular flexibility index (Phi) is 13.3. The zero-order valence-electron chi connectivity index (χ0n) is 26.8. The second-order valence-electron chi connectivity index (χ2n) is 13.0. The van der Waals surface area contributed by atoms with Crippen LogP contribution in [-0.2, 0) is 39.8 Å². The van der Waals surface area contributed by atoms with E-state index in [1.807, 2.05) is 30.3 Å². The fourth-order valence-corrected chi connectivity index (χ4v) is 6.55. The van der Waals surface area contributed by atoms with Gasteiger partial charge in [0.15, 0.2) is 18.9 Å². The van der Waals surface area contributed by atoms with Crippen molar-refractivity contribution in [1.29, 1.82) is 0 Å². The van der Waals surface area contributed by atoms with Gasteiger partial charge in [-0.05, 0) is 12.0 Å². The SMILES string of the molecule is NCC1OC(OC2C(CO)OC(OC3C(O)C(N)CC(N)C3OC3OC(COCc4ccccc4)C(O)C(O)C3N)C2O)C(N)C(O)C1O. The molecule has 0 bridgehead atoms. The third kappa shape index (κ3) is 8.42. The van der Waals surface area contributed by atoms with Crippen LogP contribution in [0.2, 0.25) is 0 Å². The summed E-state index contributed by atoms with van der Waals surface area (Å²) in [4.78, 5) is 0. The van der Waals surface area contributed by atoms with Gasteiger partial charge in [0.1, 0.15) is 67.1 Å². The predicted octanol–water partition coefficient (Wildman–Crippen LogP) is -6.64. The van der Waals surface area contributed by atoms with Gasteiger partial charge in [-0.2, -0.15) is 0 Å². The van der Waals surface area contributed by atoms with E-state index >= 15 is 0 Å². The molecular weight excluding hydrogens is 654 g/mol.